The smallest absolute Gasteiger partial charge is 0.237 e. The van der Waals surface area contributed by atoms with Crippen LogP contribution in [0.4, 0.5) is 5.82 Å². The summed E-state index contributed by atoms with van der Waals surface area (Å²) in [6.07, 6.45) is 1.92. The molecule has 0 saturated carbocycles. The van der Waals surface area contributed by atoms with Crippen LogP contribution in [-0.4, -0.2) is 42.5 Å². The summed E-state index contributed by atoms with van der Waals surface area (Å²) in [5.74, 6) is 0.855. The van der Waals surface area contributed by atoms with Crippen LogP contribution in [-0.2, 0) is 11.3 Å². The van der Waals surface area contributed by atoms with Crippen molar-refractivity contribution in [3.05, 3.63) is 22.8 Å². The standard InChI is InChI=1S/C13H19ClN4O/c1-15-12-6-5-9(14)10(17-12)8-18-7-3-4-11(18)13(19)16-2/h5-6,11H,3-4,7-8H2,1-2H3,(H,15,17)(H,16,19). The Morgan fingerprint density at radius 2 is 2.32 bits per heavy atom. The van der Waals surface area contributed by atoms with Crippen LogP contribution in [0.1, 0.15) is 18.5 Å². The van der Waals surface area contributed by atoms with Crippen molar-refractivity contribution >= 4 is 23.3 Å². The zero-order chi connectivity index (χ0) is 13.8. The maximum absolute atomic E-state index is 11.8. The van der Waals surface area contributed by atoms with Gasteiger partial charge in [0.15, 0.2) is 0 Å². The second kappa shape index (κ2) is 6.21. The van der Waals surface area contributed by atoms with E-state index in [9.17, 15) is 4.79 Å². The fraction of sp³-hybridized carbons (Fsp3) is 0.538. The summed E-state index contributed by atoms with van der Waals surface area (Å²) in [6.45, 7) is 1.51. The number of carbonyl (C=O) groups excluding carboxylic acids is 1. The monoisotopic (exact) mass is 282 g/mol. The second-order valence-corrected chi connectivity index (χ2v) is 5.02. The van der Waals surface area contributed by atoms with Crippen LogP contribution in [0, 0.1) is 0 Å². The molecule has 5 nitrogen and oxygen atoms in total. The molecule has 2 rings (SSSR count). The highest BCUT2D eigenvalue weighted by atomic mass is 35.5. The third kappa shape index (κ3) is 3.16. The van der Waals surface area contributed by atoms with E-state index in [1.165, 1.54) is 0 Å². The normalized spacial score (nSPS) is 19.4. The van der Waals surface area contributed by atoms with E-state index < -0.39 is 0 Å². The minimum atomic E-state index is -0.0684. The number of amides is 1. The third-order valence-electron chi connectivity index (χ3n) is 3.44. The molecular weight excluding hydrogens is 264 g/mol. The Kier molecular flexibility index (Phi) is 4.61. The van der Waals surface area contributed by atoms with Gasteiger partial charge in [-0.2, -0.15) is 0 Å². The van der Waals surface area contributed by atoms with Gasteiger partial charge in [-0.25, -0.2) is 4.98 Å². The van der Waals surface area contributed by atoms with Gasteiger partial charge in [-0.05, 0) is 31.5 Å². The van der Waals surface area contributed by atoms with Crippen molar-refractivity contribution in [1.82, 2.24) is 15.2 Å². The van der Waals surface area contributed by atoms with Crippen LogP contribution < -0.4 is 10.6 Å². The number of aromatic nitrogens is 1. The molecule has 0 aromatic carbocycles. The number of nitrogens with one attached hydrogen (secondary N) is 2. The summed E-state index contributed by atoms with van der Waals surface area (Å²) in [5.41, 5.74) is 0.810. The number of likely N-dealkylation sites (N-methyl/N-ethyl adjacent to an activating group) is 1. The van der Waals surface area contributed by atoms with E-state index in [0.29, 0.717) is 11.6 Å². The van der Waals surface area contributed by atoms with E-state index in [-0.39, 0.29) is 11.9 Å². The lowest BCUT2D eigenvalue weighted by Gasteiger charge is -2.23. The first-order chi connectivity index (χ1) is 9.15. The van der Waals surface area contributed by atoms with E-state index in [2.05, 4.69) is 20.5 Å². The molecule has 1 atom stereocenters. The topological polar surface area (TPSA) is 57.3 Å². The molecule has 1 aliphatic rings. The number of nitrogens with zero attached hydrogens (tertiary/aromatic N) is 2. The molecular formula is C13H19ClN4O. The van der Waals surface area contributed by atoms with Gasteiger partial charge in [0.2, 0.25) is 5.91 Å². The number of rotatable bonds is 4. The number of carbonyl (C=O) groups is 1. The maximum Gasteiger partial charge on any atom is 0.237 e. The van der Waals surface area contributed by atoms with Crippen molar-refractivity contribution in [3.8, 4) is 0 Å². The van der Waals surface area contributed by atoms with Gasteiger partial charge >= 0.3 is 0 Å². The molecule has 104 valence electrons. The summed E-state index contributed by atoms with van der Waals surface area (Å²) in [6, 6.07) is 3.60. The van der Waals surface area contributed by atoms with Crippen LogP contribution in [0.15, 0.2) is 12.1 Å². The van der Waals surface area contributed by atoms with E-state index in [4.69, 9.17) is 11.6 Å². The third-order valence-corrected chi connectivity index (χ3v) is 3.78. The molecule has 19 heavy (non-hydrogen) atoms. The highest BCUT2D eigenvalue weighted by Gasteiger charge is 2.30. The van der Waals surface area contributed by atoms with E-state index in [1.807, 2.05) is 19.2 Å². The largest absolute Gasteiger partial charge is 0.373 e. The molecule has 1 aliphatic heterocycles. The van der Waals surface area contributed by atoms with Crippen molar-refractivity contribution in [2.45, 2.75) is 25.4 Å². The zero-order valence-corrected chi connectivity index (χ0v) is 12.0. The molecule has 0 bridgehead atoms. The lowest BCUT2D eigenvalue weighted by atomic mass is 10.2. The molecule has 1 unspecified atom stereocenters. The fourth-order valence-electron chi connectivity index (χ4n) is 2.41. The summed E-state index contributed by atoms with van der Waals surface area (Å²) in [4.78, 5) is 18.4. The Morgan fingerprint density at radius 3 is 3.00 bits per heavy atom. The van der Waals surface area contributed by atoms with Crippen molar-refractivity contribution in [3.63, 3.8) is 0 Å². The Morgan fingerprint density at radius 1 is 1.53 bits per heavy atom. The molecule has 0 spiro atoms. The molecule has 1 amide bonds. The SMILES string of the molecule is CNC(=O)C1CCCN1Cc1nc(NC)ccc1Cl. The number of hydrogen-bond donors (Lipinski definition) is 2. The first-order valence-corrected chi connectivity index (χ1v) is 6.82. The van der Waals surface area contributed by atoms with E-state index in [1.54, 1.807) is 7.05 Å². The Bertz CT molecular complexity index is 466. The molecule has 1 fully saturated rings. The number of pyridine rings is 1. The van der Waals surface area contributed by atoms with Gasteiger partial charge in [-0.3, -0.25) is 9.69 Å². The predicted octanol–water partition coefficient (Wildman–Crippen LogP) is 1.49. The zero-order valence-electron chi connectivity index (χ0n) is 11.2. The molecule has 2 heterocycles. The summed E-state index contributed by atoms with van der Waals surface area (Å²) in [5, 5.41) is 6.35. The summed E-state index contributed by atoms with van der Waals surface area (Å²) in [7, 11) is 3.49. The van der Waals surface area contributed by atoms with Crippen LogP contribution in [0.5, 0.6) is 0 Å². The van der Waals surface area contributed by atoms with E-state index in [0.717, 1.165) is 30.9 Å². The molecule has 2 N–H and O–H groups in total. The maximum atomic E-state index is 11.8. The Hall–Kier alpha value is -1.33. The van der Waals surface area contributed by atoms with Gasteiger partial charge in [-0.15, -0.1) is 0 Å². The van der Waals surface area contributed by atoms with Gasteiger partial charge in [0, 0.05) is 20.6 Å². The summed E-state index contributed by atoms with van der Waals surface area (Å²) >= 11 is 6.18. The van der Waals surface area contributed by atoms with Crippen molar-refractivity contribution in [1.29, 1.82) is 0 Å². The molecule has 1 aromatic rings. The molecule has 0 radical (unpaired) electrons. The minimum absolute atomic E-state index is 0.0680. The molecule has 0 aliphatic carbocycles. The van der Waals surface area contributed by atoms with Crippen molar-refractivity contribution in [2.75, 3.05) is 26.0 Å². The van der Waals surface area contributed by atoms with Crippen molar-refractivity contribution < 1.29 is 4.79 Å². The predicted molar refractivity (Wildman–Crippen MR) is 76.3 cm³/mol. The molecule has 6 heteroatoms. The summed E-state index contributed by atoms with van der Waals surface area (Å²) < 4.78 is 0. The highest BCUT2D eigenvalue weighted by molar-refractivity contribution is 6.31. The Labute approximate surface area is 118 Å². The number of anilines is 1. The van der Waals surface area contributed by atoms with Gasteiger partial charge in [0.25, 0.3) is 0 Å². The van der Waals surface area contributed by atoms with Crippen LogP contribution in [0.2, 0.25) is 5.02 Å². The van der Waals surface area contributed by atoms with Gasteiger partial charge in [-0.1, -0.05) is 11.6 Å². The quantitative estimate of drug-likeness (QED) is 0.878. The highest BCUT2D eigenvalue weighted by Crippen LogP contribution is 2.23. The van der Waals surface area contributed by atoms with Crippen LogP contribution in [0.3, 0.4) is 0 Å². The second-order valence-electron chi connectivity index (χ2n) is 4.62. The minimum Gasteiger partial charge on any atom is -0.373 e. The van der Waals surface area contributed by atoms with Crippen LogP contribution in [0.25, 0.3) is 0 Å². The molecule has 1 aromatic heterocycles. The average Bonchev–Trinajstić information content (AvgIpc) is 2.88. The first kappa shape index (κ1) is 14.1. The number of likely N-dealkylation sites (tertiary alicyclic amines) is 1. The van der Waals surface area contributed by atoms with Crippen LogP contribution >= 0.6 is 11.6 Å². The molecule has 1 saturated heterocycles. The van der Waals surface area contributed by atoms with Gasteiger partial charge in [0.1, 0.15) is 5.82 Å². The Balaban J connectivity index is 2.14. The average molecular weight is 283 g/mol. The fourth-order valence-corrected chi connectivity index (χ4v) is 2.57. The van der Waals surface area contributed by atoms with Gasteiger partial charge in [0.05, 0.1) is 16.8 Å². The number of hydrogen-bond acceptors (Lipinski definition) is 4. The first-order valence-electron chi connectivity index (χ1n) is 6.44. The lowest BCUT2D eigenvalue weighted by molar-refractivity contribution is -0.125. The van der Waals surface area contributed by atoms with E-state index >= 15 is 0 Å². The lowest BCUT2D eigenvalue weighted by Crippen LogP contribution is -2.41. The number of halogens is 1. The van der Waals surface area contributed by atoms with Gasteiger partial charge < -0.3 is 10.6 Å². The van der Waals surface area contributed by atoms with Crippen molar-refractivity contribution in [2.24, 2.45) is 0 Å².